The molecule has 0 aliphatic carbocycles. The Labute approximate surface area is 124 Å². The number of benzene rings is 1. The summed E-state index contributed by atoms with van der Waals surface area (Å²) in [5.41, 5.74) is 2.45. The molecule has 0 aliphatic rings. The zero-order valence-corrected chi connectivity index (χ0v) is 13.5. The molecule has 0 heterocycles. The van der Waals surface area contributed by atoms with Gasteiger partial charge in [-0.3, -0.25) is 5.32 Å². The van der Waals surface area contributed by atoms with E-state index in [1.807, 2.05) is 0 Å². The van der Waals surface area contributed by atoms with Gasteiger partial charge in [0.05, 0.1) is 0 Å². The number of aliphatic hydroxyl groups is 1. The van der Waals surface area contributed by atoms with Gasteiger partial charge in [0.1, 0.15) is 14.1 Å². The van der Waals surface area contributed by atoms with Gasteiger partial charge < -0.3 is 5.11 Å². The van der Waals surface area contributed by atoms with Gasteiger partial charge in [-0.2, -0.15) is 0 Å². The highest BCUT2D eigenvalue weighted by atomic mass is 16.3. The molecule has 0 fully saturated rings. The van der Waals surface area contributed by atoms with Gasteiger partial charge in [0.2, 0.25) is 0 Å². The van der Waals surface area contributed by atoms with Crippen molar-refractivity contribution in [3.63, 3.8) is 0 Å². The molecular weight excluding hydrogens is 245 g/mol. The van der Waals surface area contributed by atoms with Gasteiger partial charge in [0.25, 0.3) is 0 Å². The van der Waals surface area contributed by atoms with Crippen molar-refractivity contribution < 1.29 is 5.11 Å². The van der Waals surface area contributed by atoms with Gasteiger partial charge in [-0.05, 0) is 31.1 Å². The summed E-state index contributed by atoms with van der Waals surface area (Å²) in [7, 11) is 2.05. The molecule has 0 radical (unpaired) electrons. The van der Waals surface area contributed by atoms with E-state index in [2.05, 4.69) is 77.3 Å². The Hall–Kier alpha value is -1.06. The minimum Gasteiger partial charge on any atom is -0.378 e. The molecule has 3 unspecified atom stereocenters. The first-order valence-electron chi connectivity index (χ1n) is 7.55. The molecule has 2 N–H and O–H groups in total. The summed E-state index contributed by atoms with van der Waals surface area (Å²) in [5.74, 6) is 0. The van der Waals surface area contributed by atoms with Crippen LogP contribution in [0.3, 0.4) is 0 Å². The second kappa shape index (κ2) is 7.65. The van der Waals surface area contributed by atoms with Gasteiger partial charge >= 0.3 is 0 Å². The van der Waals surface area contributed by atoms with Crippen molar-refractivity contribution in [1.82, 2.24) is 5.32 Å². The highest BCUT2D eigenvalue weighted by Gasteiger charge is 2.26. The Balaban J connectivity index is 2.64. The average molecular weight is 273 g/mol. The number of aryl methyl sites for hydroxylation is 1. The Morgan fingerprint density at radius 1 is 1.35 bits per heavy atom. The lowest BCUT2D eigenvalue weighted by atomic mass is 9.68. The molecule has 0 bridgehead atoms. The quantitative estimate of drug-likeness (QED) is 0.454. The molecule has 0 saturated heterocycles. The predicted molar refractivity (Wildman–Crippen MR) is 89.7 cm³/mol. The summed E-state index contributed by atoms with van der Waals surface area (Å²) in [4.78, 5) is 0. The zero-order valence-electron chi connectivity index (χ0n) is 13.5. The Bertz CT molecular complexity index is 425. The standard InChI is InChI=1S/C17H28BNO/c1-5-6-7-12-17(4,18)16(20)19-14(3)15-10-8-13(2)9-11-15/h7-12,14,16,19-20H,5-6,18H2,1-4H3/b12-7+. The van der Waals surface area contributed by atoms with E-state index in [4.69, 9.17) is 0 Å². The number of nitrogens with one attached hydrogen (secondary N) is 1. The fraction of sp³-hybridized carbons (Fsp3) is 0.529. The smallest absolute Gasteiger partial charge is 0.119 e. The van der Waals surface area contributed by atoms with E-state index >= 15 is 0 Å². The van der Waals surface area contributed by atoms with E-state index < -0.39 is 6.23 Å². The van der Waals surface area contributed by atoms with Crippen molar-refractivity contribution in [3.8, 4) is 0 Å². The van der Waals surface area contributed by atoms with Gasteiger partial charge in [-0.15, -0.1) is 0 Å². The van der Waals surface area contributed by atoms with E-state index in [1.165, 1.54) is 11.1 Å². The van der Waals surface area contributed by atoms with Crippen LogP contribution in [-0.2, 0) is 0 Å². The van der Waals surface area contributed by atoms with E-state index in [0.717, 1.165) is 12.8 Å². The molecule has 1 aromatic carbocycles. The predicted octanol–water partition coefficient (Wildman–Crippen LogP) is 3.13. The molecule has 110 valence electrons. The number of aliphatic hydroxyl groups excluding tert-OH is 1. The van der Waals surface area contributed by atoms with Gasteiger partial charge in [0.15, 0.2) is 0 Å². The molecule has 0 saturated carbocycles. The summed E-state index contributed by atoms with van der Waals surface area (Å²) >= 11 is 0. The Kier molecular flexibility index (Phi) is 6.51. The minimum absolute atomic E-state index is 0.129. The number of rotatable bonds is 7. The third kappa shape index (κ3) is 5.14. The van der Waals surface area contributed by atoms with E-state index in [-0.39, 0.29) is 11.4 Å². The summed E-state index contributed by atoms with van der Waals surface area (Å²) in [6.45, 7) is 8.38. The second-order valence-corrected chi connectivity index (χ2v) is 6.21. The summed E-state index contributed by atoms with van der Waals surface area (Å²) in [6.07, 6.45) is 5.89. The molecular formula is C17H28BNO. The Morgan fingerprint density at radius 3 is 2.50 bits per heavy atom. The van der Waals surface area contributed by atoms with Crippen molar-refractivity contribution in [2.24, 2.45) is 0 Å². The van der Waals surface area contributed by atoms with Crippen molar-refractivity contribution in [1.29, 1.82) is 0 Å². The highest BCUT2D eigenvalue weighted by Crippen LogP contribution is 2.28. The molecule has 0 amide bonds. The largest absolute Gasteiger partial charge is 0.378 e. The van der Waals surface area contributed by atoms with Crippen molar-refractivity contribution in [3.05, 3.63) is 47.5 Å². The molecule has 1 rings (SSSR count). The van der Waals surface area contributed by atoms with Crippen molar-refractivity contribution in [2.45, 2.75) is 58.1 Å². The van der Waals surface area contributed by atoms with Crippen LogP contribution in [0, 0.1) is 6.92 Å². The third-order valence-electron chi connectivity index (χ3n) is 3.69. The number of hydrogen-bond acceptors (Lipinski definition) is 2. The summed E-state index contributed by atoms with van der Waals surface area (Å²) in [6, 6.07) is 8.56. The second-order valence-electron chi connectivity index (χ2n) is 6.21. The molecule has 2 nitrogen and oxygen atoms in total. The molecule has 3 atom stereocenters. The molecule has 3 heteroatoms. The van der Waals surface area contributed by atoms with Crippen LogP contribution >= 0.6 is 0 Å². The molecule has 20 heavy (non-hydrogen) atoms. The molecule has 0 aliphatic heterocycles. The molecule has 0 aromatic heterocycles. The van der Waals surface area contributed by atoms with Crippen LogP contribution in [0.1, 0.15) is 50.8 Å². The van der Waals surface area contributed by atoms with Crippen LogP contribution in [0.5, 0.6) is 0 Å². The maximum atomic E-state index is 10.4. The SMILES string of the molecule is BC(C)(/C=C/CCC)C(O)NC(C)c1ccc(C)cc1. The number of unbranched alkanes of at least 4 members (excludes halogenated alkanes) is 1. The zero-order chi connectivity index (χ0) is 15.2. The fourth-order valence-electron chi connectivity index (χ4n) is 2.05. The van der Waals surface area contributed by atoms with Crippen molar-refractivity contribution >= 4 is 7.85 Å². The lowest BCUT2D eigenvalue weighted by Crippen LogP contribution is -2.40. The van der Waals surface area contributed by atoms with E-state index in [0.29, 0.717) is 0 Å². The maximum absolute atomic E-state index is 10.4. The van der Waals surface area contributed by atoms with Gasteiger partial charge in [-0.25, -0.2) is 0 Å². The van der Waals surface area contributed by atoms with Crippen LogP contribution in [0.25, 0.3) is 0 Å². The topological polar surface area (TPSA) is 32.3 Å². The monoisotopic (exact) mass is 273 g/mol. The highest BCUT2D eigenvalue weighted by molar-refractivity contribution is 6.16. The van der Waals surface area contributed by atoms with Crippen LogP contribution in [-0.4, -0.2) is 19.2 Å². The van der Waals surface area contributed by atoms with Crippen molar-refractivity contribution in [2.75, 3.05) is 0 Å². The van der Waals surface area contributed by atoms with E-state index in [9.17, 15) is 5.11 Å². The minimum atomic E-state index is -0.563. The van der Waals surface area contributed by atoms with Gasteiger partial charge in [-0.1, -0.05) is 62.2 Å². The van der Waals surface area contributed by atoms with Crippen LogP contribution in [0.15, 0.2) is 36.4 Å². The first kappa shape index (κ1) is 17.0. The third-order valence-corrected chi connectivity index (χ3v) is 3.69. The van der Waals surface area contributed by atoms with Crippen LogP contribution in [0.4, 0.5) is 0 Å². The lowest BCUT2D eigenvalue weighted by Gasteiger charge is -2.31. The molecule has 0 spiro atoms. The summed E-state index contributed by atoms with van der Waals surface area (Å²) in [5, 5.41) is 13.4. The van der Waals surface area contributed by atoms with Crippen LogP contribution < -0.4 is 5.32 Å². The van der Waals surface area contributed by atoms with Gasteiger partial charge in [0, 0.05) is 6.04 Å². The fourth-order valence-corrected chi connectivity index (χ4v) is 2.05. The summed E-state index contributed by atoms with van der Waals surface area (Å²) < 4.78 is 0. The Morgan fingerprint density at radius 2 is 1.95 bits per heavy atom. The van der Waals surface area contributed by atoms with E-state index in [1.54, 1.807) is 0 Å². The first-order valence-corrected chi connectivity index (χ1v) is 7.55. The lowest BCUT2D eigenvalue weighted by molar-refractivity contribution is 0.0982. The number of allylic oxidation sites excluding steroid dienone is 1. The van der Waals surface area contributed by atoms with Crippen LogP contribution in [0.2, 0.25) is 5.31 Å². The molecule has 1 aromatic rings. The maximum Gasteiger partial charge on any atom is 0.119 e. The first-order chi connectivity index (χ1) is 9.36. The average Bonchev–Trinajstić information content (AvgIpc) is 2.39. The number of hydrogen-bond donors (Lipinski definition) is 2. The normalized spacial score (nSPS) is 17.9.